The number of nitrogens with zero attached hydrogens (tertiary/aromatic N) is 2. The van der Waals surface area contributed by atoms with E-state index in [9.17, 15) is 4.79 Å². The van der Waals surface area contributed by atoms with E-state index in [2.05, 4.69) is 27.7 Å². The molecule has 0 spiro atoms. The van der Waals surface area contributed by atoms with Gasteiger partial charge in [0.15, 0.2) is 0 Å². The van der Waals surface area contributed by atoms with Gasteiger partial charge in [-0.15, -0.1) is 0 Å². The van der Waals surface area contributed by atoms with E-state index in [1.807, 2.05) is 0 Å². The number of ether oxygens (including phenoxy) is 2. The van der Waals surface area contributed by atoms with Gasteiger partial charge in [-0.05, 0) is 22.6 Å². The van der Waals surface area contributed by atoms with E-state index in [4.69, 9.17) is 9.47 Å². The molecule has 5 nitrogen and oxygen atoms in total. The minimum atomic E-state index is -0.330. The molecule has 0 fully saturated rings. The first-order valence-electron chi connectivity index (χ1n) is 4.50. The van der Waals surface area contributed by atoms with Crippen LogP contribution < -0.4 is 0 Å². The summed E-state index contributed by atoms with van der Waals surface area (Å²) in [5.41, 5.74) is 0.510. The number of halogens is 1. The molecule has 0 aromatic carbocycles. The Kier molecular flexibility index (Phi) is 5.03. The van der Waals surface area contributed by atoms with Crippen LogP contribution in [0.5, 0.6) is 0 Å². The van der Waals surface area contributed by atoms with E-state index in [1.165, 1.54) is 6.20 Å². The highest BCUT2D eigenvalue weighted by atomic mass is 127. The zero-order chi connectivity index (χ0) is 11.3. The lowest BCUT2D eigenvalue weighted by Gasteiger charge is -2.03. The summed E-state index contributed by atoms with van der Waals surface area (Å²) in [6.07, 6.45) is 2.22. The van der Waals surface area contributed by atoms with Crippen molar-refractivity contribution in [2.75, 3.05) is 20.3 Å². The monoisotopic (exact) mass is 324 g/mol. The second kappa shape index (κ2) is 6.06. The van der Waals surface area contributed by atoms with E-state index < -0.39 is 0 Å². The summed E-state index contributed by atoms with van der Waals surface area (Å²) in [4.78, 5) is 11.5. The van der Waals surface area contributed by atoms with Crippen LogP contribution in [-0.4, -0.2) is 36.1 Å². The molecule has 1 heterocycles. The lowest BCUT2D eigenvalue weighted by Crippen LogP contribution is -2.09. The van der Waals surface area contributed by atoms with Crippen molar-refractivity contribution in [2.24, 2.45) is 7.05 Å². The van der Waals surface area contributed by atoms with Crippen molar-refractivity contribution in [1.29, 1.82) is 0 Å². The van der Waals surface area contributed by atoms with Crippen molar-refractivity contribution < 1.29 is 14.3 Å². The minimum Gasteiger partial charge on any atom is -0.462 e. The van der Waals surface area contributed by atoms with Crippen molar-refractivity contribution in [2.45, 2.75) is 6.42 Å². The van der Waals surface area contributed by atoms with E-state index in [-0.39, 0.29) is 5.97 Å². The first kappa shape index (κ1) is 12.4. The Hall–Kier alpha value is -0.630. The third kappa shape index (κ3) is 3.45. The van der Waals surface area contributed by atoms with Gasteiger partial charge < -0.3 is 9.47 Å². The number of methoxy groups -OCH3 is 1. The normalized spacial score (nSPS) is 10.3. The first-order valence-corrected chi connectivity index (χ1v) is 5.58. The molecule has 0 saturated carbocycles. The molecule has 0 bridgehead atoms. The van der Waals surface area contributed by atoms with E-state index >= 15 is 0 Å². The maximum absolute atomic E-state index is 11.5. The number of aromatic nitrogens is 2. The van der Waals surface area contributed by atoms with Gasteiger partial charge in [-0.25, -0.2) is 4.79 Å². The van der Waals surface area contributed by atoms with Crippen molar-refractivity contribution in [3.05, 3.63) is 15.5 Å². The minimum absolute atomic E-state index is 0.330. The molecule has 0 radical (unpaired) electrons. The van der Waals surface area contributed by atoms with Crippen LogP contribution in [0.3, 0.4) is 0 Å². The molecule has 0 N–H and O–H groups in total. The van der Waals surface area contributed by atoms with Gasteiger partial charge in [0.2, 0.25) is 0 Å². The van der Waals surface area contributed by atoms with Gasteiger partial charge in [0.1, 0.15) is 9.26 Å². The Bertz CT molecular complexity index is 338. The molecule has 15 heavy (non-hydrogen) atoms. The highest BCUT2D eigenvalue weighted by Gasteiger charge is 2.14. The summed E-state index contributed by atoms with van der Waals surface area (Å²) in [6, 6.07) is 0. The molecule has 0 aliphatic heterocycles. The Morgan fingerprint density at radius 1 is 1.60 bits per heavy atom. The highest BCUT2D eigenvalue weighted by Crippen LogP contribution is 2.11. The number of carbonyl (C=O) groups excluding carboxylic acids is 1. The smallest absolute Gasteiger partial charge is 0.342 e. The van der Waals surface area contributed by atoms with E-state index in [0.717, 1.165) is 3.70 Å². The summed E-state index contributed by atoms with van der Waals surface area (Å²) in [7, 11) is 3.40. The molecular formula is C9H13IN2O3. The largest absolute Gasteiger partial charge is 0.462 e. The fourth-order valence-corrected chi connectivity index (χ4v) is 1.49. The topological polar surface area (TPSA) is 53.4 Å². The maximum atomic E-state index is 11.5. The second-order valence-electron chi connectivity index (χ2n) is 2.95. The molecule has 6 heteroatoms. The predicted octanol–water partition coefficient (Wildman–Crippen LogP) is 1.22. The molecule has 0 aliphatic carbocycles. The summed E-state index contributed by atoms with van der Waals surface area (Å²) in [5.74, 6) is -0.330. The van der Waals surface area contributed by atoms with Crippen LogP contribution in [0.1, 0.15) is 16.8 Å². The molecule has 1 aromatic rings. The Labute approximate surface area is 102 Å². The average Bonchev–Trinajstić information content (AvgIpc) is 2.55. The molecule has 0 amide bonds. The Morgan fingerprint density at radius 2 is 2.33 bits per heavy atom. The van der Waals surface area contributed by atoms with E-state index in [0.29, 0.717) is 25.2 Å². The van der Waals surface area contributed by atoms with Crippen LogP contribution in [0.25, 0.3) is 0 Å². The molecule has 1 rings (SSSR count). The number of aryl methyl sites for hydroxylation is 1. The SMILES string of the molecule is COCCCOC(=O)c1cnn(C)c1I. The third-order valence-corrected chi connectivity index (χ3v) is 3.09. The molecule has 0 atom stereocenters. The molecule has 0 aliphatic rings. The Balaban J connectivity index is 2.44. The second-order valence-corrected chi connectivity index (χ2v) is 3.98. The van der Waals surface area contributed by atoms with Crippen LogP contribution >= 0.6 is 22.6 Å². The van der Waals surface area contributed by atoms with Crippen molar-refractivity contribution in [3.63, 3.8) is 0 Å². The number of esters is 1. The third-order valence-electron chi connectivity index (χ3n) is 1.81. The van der Waals surface area contributed by atoms with Gasteiger partial charge in [-0.1, -0.05) is 0 Å². The number of hydrogen-bond donors (Lipinski definition) is 0. The van der Waals surface area contributed by atoms with Crippen LogP contribution in [0.2, 0.25) is 0 Å². The Morgan fingerprint density at radius 3 is 2.87 bits per heavy atom. The van der Waals surface area contributed by atoms with Crippen LogP contribution in [0, 0.1) is 3.70 Å². The first-order chi connectivity index (χ1) is 7.16. The zero-order valence-electron chi connectivity index (χ0n) is 8.70. The average molecular weight is 324 g/mol. The van der Waals surface area contributed by atoms with Crippen molar-refractivity contribution in [1.82, 2.24) is 9.78 Å². The van der Waals surface area contributed by atoms with E-state index in [1.54, 1.807) is 18.8 Å². The molecule has 84 valence electrons. The van der Waals surface area contributed by atoms with Crippen molar-refractivity contribution in [3.8, 4) is 0 Å². The van der Waals surface area contributed by atoms with Crippen LogP contribution in [0.15, 0.2) is 6.20 Å². The van der Waals surface area contributed by atoms with Gasteiger partial charge in [0.05, 0.1) is 12.8 Å². The van der Waals surface area contributed by atoms with Crippen molar-refractivity contribution >= 4 is 28.6 Å². The van der Waals surface area contributed by atoms with Gasteiger partial charge in [-0.3, -0.25) is 4.68 Å². The number of carbonyl (C=O) groups is 1. The molecular weight excluding hydrogens is 311 g/mol. The maximum Gasteiger partial charge on any atom is 0.342 e. The van der Waals surface area contributed by atoms with Gasteiger partial charge in [-0.2, -0.15) is 5.10 Å². The predicted molar refractivity (Wildman–Crippen MR) is 62.7 cm³/mol. The lowest BCUT2D eigenvalue weighted by molar-refractivity contribution is 0.0467. The summed E-state index contributed by atoms with van der Waals surface area (Å²) in [6.45, 7) is 0.967. The molecule has 0 unspecified atom stereocenters. The summed E-state index contributed by atoms with van der Waals surface area (Å²) >= 11 is 2.06. The van der Waals surface area contributed by atoms with Crippen LogP contribution in [0.4, 0.5) is 0 Å². The van der Waals surface area contributed by atoms with Crippen LogP contribution in [-0.2, 0) is 16.5 Å². The lowest BCUT2D eigenvalue weighted by atomic mass is 10.4. The number of rotatable bonds is 5. The fraction of sp³-hybridized carbons (Fsp3) is 0.556. The highest BCUT2D eigenvalue weighted by molar-refractivity contribution is 14.1. The van der Waals surface area contributed by atoms with Gasteiger partial charge in [0.25, 0.3) is 0 Å². The van der Waals surface area contributed by atoms with Gasteiger partial charge >= 0.3 is 5.97 Å². The zero-order valence-corrected chi connectivity index (χ0v) is 10.9. The summed E-state index contributed by atoms with van der Waals surface area (Å²) in [5, 5.41) is 3.97. The summed E-state index contributed by atoms with van der Waals surface area (Å²) < 4.78 is 12.3. The standard InChI is InChI=1S/C9H13IN2O3/c1-12-8(10)7(6-11-12)9(13)15-5-3-4-14-2/h6H,3-5H2,1-2H3. The molecule has 0 saturated heterocycles. The molecule has 1 aromatic heterocycles. The quantitative estimate of drug-likeness (QED) is 0.464. The fourth-order valence-electron chi connectivity index (χ4n) is 1.01. The number of hydrogen-bond acceptors (Lipinski definition) is 4. The van der Waals surface area contributed by atoms with Gasteiger partial charge in [0, 0.05) is 27.2 Å².